The first kappa shape index (κ1) is 13.2. The van der Waals surface area contributed by atoms with Crippen LogP contribution in [0, 0.1) is 52.4 Å². The molecule has 2 aliphatic rings. The SMILES string of the molecule is Cc1c(C)c(C)c(C(O)C2CC3CC3C2)c(C)c1C. The zero-order valence-corrected chi connectivity index (χ0v) is 12.9. The van der Waals surface area contributed by atoms with Gasteiger partial charge in [-0.05, 0) is 105 Å². The van der Waals surface area contributed by atoms with Gasteiger partial charge in [-0.15, -0.1) is 0 Å². The summed E-state index contributed by atoms with van der Waals surface area (Å²) in [7, 11) is 0. The van der Waals surface area contributed by atoms with E-state index in [9.17, 15) is 5.11 Å². The Hall–Kier alpha value is -0.820. The highest BCUT2D eigenvalue weighted by Gasteiger charge is 2.48. The molecule has 0 heterocycles. The van der Waals surface area contributed by atoms with E-state index in [4.69, 9.17) is 0 Å². The van der Waals surface area contributed by atoms with E-state index >= 15 is 0 Å². The predicted octanol–water partition coefficient (Wildman–Crippen LogP) is 4.31. The fourth-order valence-electron chi connectivity index (χ4n) is 4.23. The number of benzene rings is 1. The molecule has 19 heavy (non-hydrogen) atoms. The van der Waals surface area contributed by atoms with Gasteiger partial charge in [0.2, 0.25) is 0 Å². The summed E-state index contributed by atoms with van der Waals surface area (Å²) < 4.78 is 0. The van der Waals surface area contributed by atoms with Crippen LogP contribution in [0.5, 0.6) is 0 Å². The van der Waals surface area contributed by atoms with Gasteiger partial charge in [0.15, 0.2) is 0 Å². The highest BCUT2D eigenvalue weighted by Crippen LogP contribution is 2.57. The number of hydrogen-bond acceptors (Lipinski definition) is 1. The maximum absolute atomic E-state index is 10.9. The zero-order valence-electron chi connectivity index (χ0n) is 12.9. The molecule has 0 spiro atoms. The van der Waals surface area contributed by atoms with Gasteiger partial charge >= 0.3 is 0 Å². The Morgan fingerprint density at radius 2 is 1.16 bits per heavy atom. The normalized spacial score (nSPS) is 30.3. The van der Waals surface area contributed by atoms with E-state index in [-0.39, 0.29) is 6.10 Å². The van der Waals surface area contributed by atoms with Crippen molar-refractivity contribution in [2.45, 2.75) is 60.0 Å². The average Bonchev–Trinajstić information content (AvgIpc) is 3.00. The Kier molecular flexibility index (Phi) is 3.01. The molecule has 1 nitrogen and oxygen atoms in total. The molecule has 0 radical (unpaired) electrons. The standard InChI is InChI=1S/C18H26O/c1-9-10(2)12(4)17(13(5)11(9)3)18(19)16-7-14-6-15(14)8-16/h14-16,18-19H,6-8H2,1-5H3. The van der Waals surface area contributed by atoms with Crippen molar-refractivity contribution in [2.24, 2.45) is 17.8 Å². The van der Waals surface area contributed by atoms with Crippen molar-refractivity contribution in [1.82, 2.24) is 0 Å². The lowest BCUT2D eigenvalue weighted by Gasteiger charge is -2.26. The first-order chi connectivity index (χ1) is 8.91. The van der Waals surface area contributed by atoms with Crippen LogP contribution in [0.3, 0.4) is 0 Å². The van der Waals surface area contributed by atoms with Crippen LogP contribution in [-0.2, 0) is 0 Å². The second-order valence-electron chi connectivity index (χ2n) is 6.97. The van der Waals surface area contributed by atoms with Crippen molar-refractivity contribution >= 4 is 0 Å². The molecule has 2 saturated carbocycles. The first-order valence-electron chi connectivity index (χ1n) is 7.66. The van der Waals surface area contributed by atoms with Gasteiger partial charge in [-0.1, -0.05) is 0 Å². The van der Waals surface area contributed by atoms with E-state index in [2.05, 4.69) is 34.6 Å². The Bertz CT molecular complexity index is 490. The second-order valence-corrected chi connectivity index (χ2v) is 6.97. The highest BCUT2D eigenvalue weighted by molar-refractivity contribution is 5.50. The van der Waals surface area contributed by atoms with Crippen molar-refractivity contribution in [3.8, 4) is 0 Å². The van der Waals surface area contributed by atoms with Gasteiger partial charge in [0, 0.05) is 0 Å². The van der Waals surface area contributed by atoms with E-state index in [1.54, 1.807) is 0 Å². The summed E-state index contributed by atoms with van der Waals surface area (Å²) in [5.41, 5.74) is 7.97. The molecule has 2 fully saturated rings. The zero-order chi connectivity index (χ0) is 13.9. The minimum Gasteiger partial charge on any atom is -0.388 e. The number of rotatable bonds is 2. The Morgan fingerprint density at radius 3 is 1.63 bits per heavy atom. The van der Waals surface area contributed by atoms with Gasteiger partial charge in [0.1, 0.15) is 0 Å². The predicted molar refractivity (Wildman–Crippen MR) is 79.4 cm³/mol. The van der Waals surface area contributed by atoms with Gasteiger partial charge in [-0.2, -0.15) is 0 Å². The lowest BCUT2D eigenvalue weighted by atomic mass is 9.82. The van der Waals surface area contributed by atoms with Crippen LogP contribution < -0.4 is 0 Å². The van der Waals surface area contributed by atoms with Crippen molar-refractivity contribution < 1.29 is 5.11 Å². The van der Waals surface area contributed by atoms with Crippen LogP contribution >= 0.6 is 0 Å². The summed E-state index contributed by atoms with van der Waals surface area (Å²) in [4.78, 5) is 0. The third-order valence-electron chi connectivity index (χ3n) is 6.08. The van der Waals surface area contributed by atoms with Crippen LogP contribution in [-0.4, -0.2) is 5.11 Å². The molecule has 1 heteroatoms. The molecule has 104 valence electrons. The number of aliphatic hydroxyl groups is 1. The molecule has 0 bridgehead atoms. The monoisotopic (exact) mass is 258 g/mol. The summed E-state index contributed by atoms with van der Waals surface area (Å²) in [5.74, 6) is 2.38. The Morgan fingerprint density at radius 1 is 0.737 bits per heavy atom. The van der Waals surface area contributed by atoms with Gasteiger partial charge in [-0.3, -0.25) is 0 Å². The summed E-state index contributed by atoms with van der Waals surface area (Å²) in [5, 5.41) is 10.9. The summed E-state index contributed by atoms with van der Waals surface area (Å²) >= 11 is 0. The molecule has 1 aromatic rings. The molecular formula is C18H26O. The molecule has 1 N–H and O–H groups in total. The summed E-state index contributed by atoms with van der Waals surface area (Å²) in [6.45, 7) is 11.0. The van der Waals surface area contributed by atoms with Crippen molar-refractivity contribution in [1.29, 1.82) is 0 Å². The average molecular weight is 258 g/mol. The first-order valence-corrected chi connectivity index (χ1v) is 7.66. The van der Waals surface area contributed by atoms with Gasteiger partial charge in [0.25, 0.3) is 0 Å². The lowest BCUT2D eigenvalue weighted by molar-refractivity contribution is 0.103. The molecular weight excluding hydrogens is 232 g/mol. The minimum absolute atomic E-state index is 0.245. The van der Waals surface area contributed by atoms with Gasteiger partial charge in [-0.25, -0.2) is 0 Å². The number of hydrogen-bond donors (Lipinski definition) is 1. The van der Waals surface area contributed by atoms with Crippen LogP contribution in [0.15, 0.2) is 0 Å². The Labute approximate surface area is 117 Å². The van der Waals surface area contributed by atoms with Crippen LogP contribution in [0.1, 0.15) is 58.7 Å². The van der Waals surface area contributed by atoms with Gasteiger partial charge < -0.3 is 5.11 Å². The minimum atomic E-state index is -0.245. The largest absolute Gasteiger partial charge is 0.388 e. The van der Waals surface area contributed by atoms with Crippen molar-refractivity contribution in [3.05, 3.63) is 33.4 Å². The summed E-state index contributed by atoms with van der Waals surface area (Å²) in [6.07, 6.45) is 3.67. The smallest absolute Gasteiger partial charge is 0.0823 e. The molecule has 0 aliphatic heterocycles. The third kappa shape index (κ3) is 1.94. The van der Waals surface area contributed by atoms with Crippen LogP contribution in [0.25, 0.3) is 0 Å². The van der Waals surface area contributed by atoms with E-state index < -0.39 is 0 Å². The van der Waals surface area contributed by atoms with E-state index in [1.165, 1.54) is 52.6 Å². The van der Waals surface area contributed by atoms with E-state index in [0.29, 0.717) is 5.92 Å². The number of fused-ring (bicyclic) bond motifs is 1. The maximum Gasteiger partial charge on any atom is 0.0823 e. The second kappa shape index (κ2) is 4.34. The lowest BCUT2D eigenvalue weighted by Crippen LogP contribution is -2.15. The third-order valence-corrected chi connectivity index (χ3v) is 6.08. The maximum atomic E-state index is 10.9. The van der Waals surface area contributed by atoms with Crippen LogP contribution in [0.2, 0.25) is 0 Å². The van der Waals surface area contributed by atoms with Gasteiger partial charge in [0.05, 0.1) is 6.10 Å². The molecule has 3 unspecified atom stereocenters. The fraction of sp³-hybridized carbons (Fsp3) is 0.667. The summed E-state index contributed by atoms with van der Waals surface area (Å²) in [6, 6.07) is 0. The molecule has 0 aromatic heterocycles. The quantitative estimate of drug-likeness (QED) is 0.838. The number of aliphatic hydroxyl groups excluding tert-OH is 1. The van der Waals surface area contributed by atoms with Crippen molar-refractivity contribution in [2.75, 3.05) is 0 Å². The molecule has 3 rings (SSSR count). The molecule has 2 aliphatic carbocycles. The molecule has 0 saturated heterocycles. The Balaban J connectivity index is 1.99. The van der Waals surface area contributed by atoms with Crippen molar-refractivity contribution in [3.63, 3.8) is 0 Å². The van der Waals surface area contributed by atoms with Crippen LogP contribution in [0.4, 0.5) is 0 Å². The molecule has 3 atom stereocenters. The van der Waals surface area contributed by atoms with E-state index in [1.807, 2.05) is 0 Å². The fourth-order valence-corrected chi connectivity index (χ4v) is 4.23. The molecule has 1 aromatic carbocycles. The topological polar surface area (TPSA) is 20.2 Å². The molecule has 0 amide bonds. The van der Waals surface area contributed by atoms with E-state index in [0.717, 1.165) is 11.8 Å². The highest BCUT2D eigenvalue weighted by atomic mass is 16.3.